The van der Waals surface area contributed by atoms with Crippen LogP contribution in [-0.4, -0.2) is 34.2 Å². The van der Waals surface area contributed by atoms with E-state index in [4.69, 9.17) is 0 Å². The molecule has 0 radical (unpaired) electrons. The van der Waals surface area contributed by atoms with E-state index in [1.807, 2.05) is 0 Å². The largest absolute Gasteiger partial charge is 0.431 e. The number of allylic oxidation sites excluding steroid dienone is 1. The van der Waals surface area contributed by atoms with Gasteiger partial charge in [0.2, 0.25) is 5.78 Å². The first kappa shape index (κ1) is 14.1. The molecule has 0 aliphatic carbocycles. The topological polar surface area (TPSA) is 37.6 Å². The van der Waals surface area contributed by atoms with Crippen LogP contribution in [0.5, 0.6) is 0 Å². The fourth-order valence-electron chi connectivity index (χ4n) is 1.73. The van der Waals surface area contributed by atoms with Crippen LogP contribution < -0.4 is 0 Å². The highest BCUT2D eigenvalue weighted by molar-refractivity contribution is 6.03. The van der Waals surface area contributed by atoms with E-state index in [0.29, 0.717) is 0 Å². The average molecular weight is 283 g/mol. The van der Waals surface area contributed by atoms with Gasteiger partial charge in [0.05, 0.1) is 6.20 Å². The molecule has 0 aromatic carbocycles. The first-order valence-corrected chi connectivity index (χ1v) is 5.73. The summed E-state index contributed by atoms with van der Waals surface area (Å²) < 4.78 is 39.7. The SMILES string of the molecule is CN(C)C=CC(=O)c1cnc2cccc(C(F)(F)F)n12. The van der Waals surface area contributed by atoms with Crippen molar-refractivity contribution < 1.29 is 18.0 Å². The van der Waals surface area contributed by atoms with E-state index in [0.717, 1.165) is 16.7 Å². The number of carbonyl (C=O) groups excluding carboxylic acids is 1. The molecule has 20 heavy (non-hydrogen) atoms. The summed E-state index contributed by atoms with van der Waals surface area (Å²) in [5, 5.41) is 0. The molecule has 0 bridgehead atoms. The molecular weight excluding hydrogens is 271 g/mol. The zero-order chi connectivity index (χ0) is 14.9. The number of nitrogens with zero attached hydrogens (tertiary/aromatic N) is 3. The fourth-order valence-corrected chi connectivity index (χ4v) is 1.73. The number of hydrogen-bond acceptors (Lipinski definition) is 3. The zero-order valence-electron chi connectivity index (χ0n) is 10.8. The molecule has 0 saturated carbocycles. The Bertz CT molecular complexity index is 671. The number of ketones is 1. The lowest BCUT2D eigenvalue weighted by Gasteiger charge is -2.10. The van der Waals surface area contributed by atoms with Gasteiger partial charge < -0.3 is 4.90 Å². The number of pyridine rings is 1. The average Bonchev–Trinajstić information content (AvgIpc) is 2.78. The number of hydrogen-bond donors (Lipinski definition) is 0. The van der Waals surface area contributed by atoms with Gasteiger partial charge in [0.1, 0.15) is 17.0 Å². The Morgan fingerprint density at radius 1 is 1.35 bits per heavy atom. The van der Waals surface area contributed by atoms with Crippen molar-refractivity contribution in [1.82, 2.24) is 14.3 Å². The van der Waals surface area contributed by atoms with Crippen LogP contribution in [0.2, 0.25) is 0 Å². The Balaban J connectivity index is 2.58. The highest BCUT2D eigenvalue weighted by atomic mass is 19.4. The third-order valence-electron chi connectivity index (χ3n) is 2.60. The maximum atomic E-state index is 13.0. The molecule has 0 N–H and O–H groups in total. The molecule has 2 aromatic rings. The molecule has 0 aliphatic heterocycles. The van der Waals surface area contributed by atoms with E-state index in [-0.39, 0.29) is 11.3 Å². The molecule has 0 fully saturated rings. The second kappa shape index (κ2) is 4.99. The van der Waals surface area contributed by atoms with Gasteiger partial charge in [-0.1, -0.05) is 6.07 Å². The fraction of sp³-hybridized carbons (Fsp3) is 0.231. The number of aromatic nitrogens is 2. The number of halogens is 3. The third-order valence-corrected chi connectivity index (χ3v) is 2.60. The molecular formula is C13H12F3N3O. The summed E-state index contributed by atoms with van der Waals surface area (Å²) in [6.07, 6.45) is -0.734. The maximum absolute atomic E-state index is 13.0. The predicted octanol–water partition coefficient (Wildman–Crippen LogP) is 2.61. The van der Waals surface area contributed by atoms with Crippen LogP contribution in [0.1, 0.15) is 16.2 Å². The van der Waals surface area contributed by atoms with Gasteiger partial charge in [-0.25, -0.2) is 4.98 Å². The minimum absolute atomic E-state index is 0.0847. The van der Waals surface area contributed by atoms with Crippen molar-refractivity contribution in [3.63, 3.8) is 0 Å². The lowest BCUT2D eigenvalue weighted by Crippen LogP contribution is -2.14. The van der Waals surface area contributed by atoms with Crippen molar-refractivity contribution in [3.8, 4) is 0 Å². The number of rotatable bonds is 3. The van der Waals surface area contributed by atoms with E-state index in [1.54, 1.807) is 19.0 Å². The zero-order valence-corrected chi connectivity index (χ0v) is 10.8. The van der Waals surface area contributed by atoms with Crippen molar-refractivity contribution in [2.75, 3.05) is 14.1 Å². The summed E-state index contributed by atoms with van der Waals surface area (Å²) in [5.74, 6) is -0.539. The van der Waals surface area contributed by atoms with Crippen molar-refractivity contribution in [3.05, 3.63) is 48.1 Å². The van der Waals surface area contributed by atoms with Gasteiger partial charge in [0.25, 0.3) is 0 Å². The van der Waals surface area contributed by atoms with Crippen LogP contribution in [0, 0.1) is 0 Å². The van der Waals surface area contributed by atoms with Crippen LogP contribution in [0.15, 0.2) is 36.7 Å². The van der Waals surface area contributed by atoms with Gasteiger partial charge in [-0.15, -0.1) is 0 Å². The van der Waals surface area contributed by atoms with Crippen LogP contribution in [-0.2, 0) is 6.18 Å². The molecule has 0 unspecified atom stereocenters. The number of carbonyl (C=O) groups is 1. The third kappa shape index (κ3) is 2.66. The first-order valence-electron chi connectivity index (χ1n) is 5.73. The molecule has 2 aromatic heterocycles. The molecule has 7 heteroatoms. The van der Waals surface area contributed by atoms with Crippen LogP contribution >= 0.6 is 0 Å². The monoisotopic (exact) mass is 283 g/mol. The Labute approximate surface area is 113 Å². The van der Waals surface area contributed by atoms with E-state index in [1.165, 1.54) is 24.4 Å². The van der Waals surface area contributed by atoms with Crippen molar-refractivity contribution in [2.24, 2.45) is 0 Å². The summed E-state index contributed by atoms with van der Waals surface area (Å²) >= 11 is 0. The molecule has 4 nitrogen and oxygen atoms in total. The molecule has 0 atom stereocenters. The minimum Gasteiger partial charge on any atom is -0.383 e. The first-order chi connectivity index (χ1) is 9.30. The van der Waals surface area contributed by atoms with Crippen LogP contribution in [0.3, 0.4) is 0 Å². The molecule has 0 spiro atoms. The molecule has 0 aliphatic rings. The normalized spacial score (nSPS) is 12.2. The smallest absolute Gasteiger partial charge is 0.383 e. The summed E-state index contributed by atoms with van der Waals surface area (Å²) in [4.78, 5) is 17.4. The van der Waals surface area contributed by atoms with Crippen molar-refractivity contribution in [1.29, 1.82) is 0 Å². The highest BCUT2D eigenvalue weighted by Crippen LogP contribution is 2.30. The van der Waals surface area contributed by atoms with Crippen LogP contribution in [0.25, 0.3) is 5.65 Å². The standard InChI is InChI=1S/C13H12F3N3O/c1-18(2)7-6-10(20)9-8-17-12-5-3-4-11(19(9)12)13(14,15)16/h3-8H,1-2H3. The van der Waals surface area contributed by atoms with Gasteiger partial charge in [-0.2, -0.15) is 13.2 Å². The summed E-state index contributed by atoms with van der Waals surface area (Å²) in [6.45, 7) is 0. The molecule has 0 saturated heterocycles. The van der Waals surface area contributed by atoms with Gasteiger partial charge >= 0.3 is 6.18 Å². The lowest BCUT2D eigenvalue weighted by atomic mass is 10.2. The summed E-state index contributed by atoms with van der Waals surface area (Å²) in [6, 6.07) is 3.60. The Morgan fingerprint density at radius 2 is 2.05 bits per heavy atom. The van der Waals surface area contributed by atoms with Crippen LogP contribution in [0.4, 0.5) is 13.2 Å². The number of fused-ring (bicyclic) bond motifs is 1. The molecule has 2 rings (SSSR count). The van der Waals surface area contributed by atoms with Crippen molar-refractivity contribution in [2.45, 2.75) is 6.18 Å². The second-order valence-corrected chi connectivity index (χ2v) is 4.39. The van der Waals surface area contributed by atoms with Crippen molar-refractivity contribution >= 4 is 11.4 Å². The van der Waals surface area contributed by atoms with Gasteiger partial charge in [-0.05, 0) is 12.1 Å². The van der Waals surface area contributed by atoms with Gasteiger partial charge in [0, 0.05) is 26.4 Å². The van der Waals surface area contributed by atoms with E-state index < -0.39 is 17.7 Å². The van der Waals surface area contributed by atoms with E-state index >= 15 is 0 Å². The molecule has 2 heterocycles. The Hall–Kier alpha value is -2.31. The van der Waals surface area contributed by atoms with Gasteiger partial charge in [-0.3, -0.25) is 9.20 Å². The predicted molar refractivity (Wildman–Crippen MR) is 67.4 cm³/mol. The molecule has 106 valence electrons. The Kier molecular flexibility index (Phi) is 3.52. The summed E-state index contributed by atoms with van der Waals surface area (Å²) in [5.41, 5.74) is -0.957. The molecule has 0 amide bonds. The summed E-state index contributed by atoms with van der Waals surface area (Å²) in [7, 11) is 3.42. The maximum Gasteiger partial charge on any atom is 0.431 e. The lowest BCUT2D eigenvalue weighted by molar-refractivity contribution is -0.142. The number of imidazole rings is 1. The highest BCUT2D eigenvalue weighted by Gasteiger charge is 2.34. The number of alkyl halides is 3. The minimum atomic E-state index is -4.56. The quantitative estimate of drug-likeness (QED) is 0.642. The van der Waals surface area contributed by atoms with E-state index in [2.05, 4.69) is 4.98 Å². The van der Waals surface area contributed by atoms with Gasteiger partial charge in [0.15, 0.2) is 0 Å². The Morgan fingerprint density at radius 3 is 2.65 bits per heavy atom. The second-order valence-electron chi connectivity index (χ2n) is 4.39. The van der Waals surface area contributed by atoms with E-state index in [9.17, 15) is 18.0 Å².